The van der Waals surface area contributed by atoms with Gasteiger partial charge in [0.15, 0.2) is 5.78 Å². The molecule has 3 aliphatic heterocycles. The van der Waals surface area contributed by atoms with E-state index < -0.39 is 12.1 Å². The Bertz CT molecular complexity index is 841. The van der Waals surface area contributed by atoms with Crippen molar-refractivity contribution in [2.24, 2.45) is 17.8 Å². The Balaban J connectivity index is 1.43. The van der Waals surface area contributed by atoms with Crippen LogP contribution in [0.3, 0.4) is 0 Å². The maximum atomic E-state index is 15.5. The second-order valence-electron chi connectivity index (χ2n) is 11.6. The van der Waals surface area contributed by atoms with Crippen molar-refractivity contribution >= 4 is 11.7 Å². The maximum absolute atomic E-state index is 15.5. The average Bonchev–Trinajstić information content (AvgIpc) is 3.34. The minimum absolute atomic E-state index is 0.0478. The molecule has 0 N–H and O–H groups in total. The smallest absolute Gasteiger partial charge is 0.258 e. The van der Waals surface area contributed by atoms with E-state index in [1.807, 2.05) is 30.1 Å². The third-order valence-corrected chi connectivity index (χ3v) is 9.67. The predicted octanol–water partition coefficient (Wildman–Crippen LogP) is 2.77. The number of morpholine rings is 1. The number of ether oxygens (including phenoxy) is 1. The Kier molecular flexibility index (Phi) is 5.56. The number of carbonyl (C=O) groups excluding carboxylic acids is 2. The number of nitrogens with zero attached hydrogens (tertiary/aromatic N) is 3. The zero-order valence-corrected chi connectivity index (χ0v) is 20.0. The SMILES string of the molecule is CN(C)C1C(F)CC2C(=O)C(C(=O)N3CCCC3)=CN3C4C(CCC5CCCCC54)OC1C23. The van der Waals surface area contributed by atoms with Crippen LogP contribution in [0.1, 0.15) is 57.8 Å². The number of fused-ring (bicyclic) bond motifs is 4. The molecular weight excluding hydrogens is 421 g/mol. The molecule has 1 amide bonds. The number of alkyl halides is 1. The molecule has 33 heavy (non-hydrogen) atoms. The van der Waals surface area contributed by atoms with Gasteiger partial charge in [0.1, 0.15) is 6.17 Å². The van der Waals surface area contributed by atoms with Crippen molar-refractivity contribution in [2.75, 3.05) is 27.2 Å². The number of Topliss-reactive ketones (excluding diaryl/α,β-unsaturated/α-hetero) is 1. The van der Waals surface area contributed by atoms with E-state index in [2.05, 4.69) is 4.90 Å². The summed E-state index contributed by atoms with van der Waals surface area (Å²) in [7, 11) is 3.83. The van der Waals surface area contributed by atoms with Crippen LogP contribution >= 0.6 is 0 Å². The van der Waals surface area contributed by atoms with Crippen molar-refractivity contribution in [3.05, 3.63) is 11.8 Å². The van der Waals surface area contributed by atoms with Crippen molar-refractivity contribution in [3.63, 3.8) is 0 Å². The van der Waals surface area contributed by atoms with E-state index >= 15 is 4.39 Å². The van der Waals surface area contributed by atoms with Gasteiger partial charge in [-0.1, -0.05) is 19.3 Å². The van der Waals surface area contributed by atoms with Crippen LogP contribution in [-0.2, 0) is 14.3 Å². The minimum Gasteiger partial charge on any atom is -0.369 e. The van der Waals surface area contributed by atoms with Gasteiger partial charge in [-0.05, 0) is 64.5 Å². The summed E-state index contributed by atoms with van der Waals surface area (Å²) < 4.78 is 22.3. The molecule has 0 aromatic carbocycles. The summed E-state index contributed by atoms with van der Waals surface area (Å²) in [6.45, 7) is 1.43. The summed E-state index contributed by atoms with van der Waals surface area (Å²) in [5.74, 6) is 0.433. The van der Waals surface area contributed by atoms with Gasteiger partial charge in [-0.3, -0.25) is 9.59 Å². The van der Waals surface area contributed by atoms with Crippen molar-refractivity contribution in [2.45, 2.75) is 94.3 Å². The highest BCUT2D eigenvalue weighted by Crippen LogP contribution is 2.51. The van der Waals surface area contributed by atoms with Crippen LogP contribution < -0.4 is 0 Å². The van der Waals surface area contributed by atoms with Crippen LogP contribution in [-0.4, -0.2) is 90.1 Å². The van der Waals surface area contributed by atoms with Crippen LogP contribution in [0, 0.1) is 17.8 Å². The second-order valence-corrected chi connectivity index (χ2v) is 11.6. The molecule has 3 aliphatic carbocycles. The van der Waals surface area contributed by atoms with E-state index in [9.17, 15) is 9.59 Å². The molecule has 9 unspecified atom stereocenters. The first-order valence-electron chi connectivity index (χ1n) is 13.2. The lowest BCUT2D eigenvalue weighted by atomic mass is 9.63. The number of carbonyl (C=O) groups is 2. The number of hydrogen-bond donors (Lipinski definition) is 0. The van der Waals surface area contributed by atoms with Gasteiger partial charge in [-0.2, -0.15) is 0 Å². The van der Waals surface area contributed by atoms with Gasteiger partial charge in [-0.25, -0.2) is 4.39 Å². The van der Waals surface area contributed by atoms with E-state index in [1.165, 1.54) is 32.1 Å². The summed E-state index contributed by atoms with van der Waals surface area (Å²) >= 11 is 0. The highest BCUT2D eigenvalue weighted by molar-refractivity contribution is 6.20. The number of likely N-dealkylation sites (tertiary alicyclic amines) is 1. The van der Waals surface area contributed by atoms with Gasteiger partial charge in [0.2, 0.25) is 0 Å². The molecule has 182 valence electrons. The Morgan fingerprint density at radius 1 is 1.06 bits per heavy atom. The predicted molar refractivity (Wildman–Crippen MR) is 122 cm³/mol. The standard InChI is InChI=1S/C26H38FN3O3/c1-28(2)23-19(27)13-17-22-25(23)33-20-10-9-15-7-3-4-8-16(15)21(20)30(22)14-18(24(17)31)26(32)29-11-5-6-12-29/h14-17,19-23,25H,3-13H2,1-2H3. The van der Waals surface area contributed by atoms with Crippen LogP contribution in [0.15, 0.2) is 11.8 Å². The zero-order chi connectivity index (χ0) is 22.9. The summed E-state index contributed by atoms with van der Waals surface area (Å²) in [6, 6.07) is -0.342. The fourth-order valence-corrected chi connectivity index (χ4v) is 8.24. The number of amides is 1. The molecule has 6 aliphatic rings. The Morgan fingerprint density at radius 2 is 1.82 bits per heavy atom. The highest BCUT2D eigenvalue weighted by Gasteiger charge is 2.61. The number of hydrogen-bond acceptors (Lipinski definition) is 5. The van der Waals surface area contributed by atoms with Crippen LogP contribution in [0.4, 0.5) is 4.39 Å². The molecule has 0 spiro atoms. The first kappa shape index (κ1) is 22.0. The molecule has 9 atom stereocenters. The van der Waals surface area contributed by atoms with Crippen molar-refractivity contribution in [3.8, 4) is 0 Å². The van der Waals surface area contributed by atoms with Crippen LogP contribution in [0.2, 0.25) is 0 Å². The van der Waals surface area contributed by atoms with Gasteiger partial charge in [0.05, 0.1) is 35.9 Å². The fraction of sp³-hybridized carbons (Fsp3) is 0.846. The quantitative estimate of drug-likeness (QED) is 0.595. The monoisotopic (exact) mass is 459 g/mol. The largest absolute Gasteiger partial charge is 0.369 e. The van der Waals surface area contributed by atoms with Gasteiger partial charge < -0.3 is 19.4 Å². The second kappa shape index (κ2) is 8.33. The zero-order valence-electron chi connectivity index (χ0n) is 20.0. The molecule has 7 heteroatoms. The van der Waals surface area contributed by atoms with E-state index in [4.69, 9.17) is 4.74 Å². The number of ketones is 1. The van der Waals surface area contributed by atoms with Gasteiger partial charge in [0, 0.05) is 25.2 Å². The number of halogens is 1. The lowest BCUT2D eigenvalue weighted by molar-refractivity contribution is -0.224. The summed E-state index contributed by atoms with van der Waals surface area (Å²) in [5, 5.41) is 0. The molecular formula is C26H38FN3O3. The summed E-state index contributed by atoms with van der Waals surface area (Å²) in [4.78, 5) is 33.2. The molecule has 2 saturated heterocycles. The van der Waals surface area contributed by atoms with E-state index in [0.29, 0.717) is 30.5 Å². The van der Waals surface area contributed by atoms with Crippen LogP contribution in [0.5, 0.6) is 0 Å². The van der Waals surface area contributed by atoms with Crippen LogP contribution in [0.25, 0.3) is 0 Å². The van der Waals surface area contributed by atoms with E-state index in [-0.39, 0.29) is 48.4 Å². The normalized spacial score (nSPS) is 44.8. The molecule has 0 radical (unpaired) electrons. The molecule has 3 heterocycles. The number of rotatable bonds is 2. The van der Waals surface area contributed by atoms with Gasteiger partial charge in [0.25, 0.3) is 5.91 Å². The first-order valence-corrected chi connectivity index (χ1v) is 13.2. The Morgan fingerprint density at radius 3 is 2.58 bits per heavy atom. The highest BCUT2D eigenvalue weighted by atomic mass is 19.1. The molecule has 6 nitrogen and oxygen atoms in total. The maximum Gasteiger partial charge on any atom is 0.258 e. The van der Waals surface area contributed by atoms with Crippen molar-refractivity contribution in [1.82, 2.24) is 14.7 Å². The lowest BCUT2D eigenvalue weighted by Gasteiger charge is -2.62. The summed E-state index contributed by atoms with van der Waals surface area (Å²) in [6.07, 6.45) is 9.80. The number of likely N-dealkylation sites (N-methyl/N-ethyl adjacent to an activating group) is 1. The lowest BCUT2D eigenvalue weighted by Crippen LogP contribution is -2.74. The molecule has 0 aromatic heterocycles. The average molecular weight is 460 g/mol. The molecule has 6 rings (SSSR count). The van der Waals surface area contributed by atoms with E-state index in [1.54, 1.807) is 0 Å². The summed E-state index contributed by atoms with van der Waals surface area (Å²) in [5.41, 5.74) is 0.297. The fourth-order valence-electron chi connectivity index (χ4n) is 8.24. The van der Waals surface area contributed by atoms with Gasteiger partial charge >= 0.3 is 0 Å². The van der Waals surface area contributed by atoms with Crippen molar-refractivity contribution in [1.29, 1.82) is 0 Å². The Labute approximate surface area is 196 Å². The van der Waals surface area contributed by atoms with Crippen molar-refractivity contribution < 1.29 is 18.7 Å². The van der Waals surface area contributed by atoms with E-state index in [0.717, 1.165) is 19.3 Å². The first-order chi connectivity index (χ1) is 16.0. The third-order valence-electron chi connectivity index (χ3n) is 9.67. The molecule has 0 aromatic rings. The third kappa shape index (κ3) is 3.40. The Hall–Kier alpha value is -1.47. The molecule has 3 saturated carbocycles. The molecule has 0 bridgehead atoms. The topological polar surface area (TPSA) is 53.1 Å². The van der Waals surface area contributed by atoms with Gasteiger partial charge in [-0.15, -0.1) is 0 Å². The minimum atomic E-state index is -1.14. The molecule has 5 fully saturated rings.